The summed E-state index contributed by atoms with van der Waals surface area (Å²) in [6.45, 7) is 3.88. The lowest BCUT2D eigenvalue weighted by atomic mass is 9.80. The molecule has 1 saturated heterocycles. The molecule has 0 aliphatic carbocycles. The third-order valence-corrected chi connectivity index (χ3v) is 6.41. The van der Waals surface area contributed by atoms with Crippen molar-refractivity contribution >= 4 is 10.0 Å². The molecule has 1 fully saturated rings. The molecule has 132 valence electrons. The number of ether oxygens (including phenoxy) is 1. The van der Waals surface area contributed by atoms with Gasteiger partial charge in [0.1, 0.15) is 0 Å². The van der Waals surface area contributed by atoms with E-state index in [0.717, 1.165) is 28.9 Å². The minimum Gasteiger partial charge on any atom is -0.376 e. The van der Waals surface area contributed by atoms with E-state index in [1.165, 1.54) is 10.6 Å². The molecule has 2 aliphatic heterocycles. The van der Waals surface area contributed by atoms with Gasteiger partial charge in [-0.1, -0.05) is 30.3 Å². The summed E-state index contributed by atoms with van der Waals surface area (Å²) in [5, 5.41) is 0. The minimum absolute atomic E-state index is 0.381. The van der Waals surface area contributed by atoms with Crippen LogP contribution >= 0.6 is 0 Å². The highest BCUT2D eigenvalue weighted by Crippen LogP contribution is 2.41. The summed E-state index contributed by atoms with van der Waals surface area (Å²) in [4.78, 5) is 9.54. The number of hydrogen-bond acceptors (Lipinski definition) is 5. The molecule has 2 aliphatic rings. The van der Waals surface area contributed by atoms with Crippen LogP contribution < -0.4 is 0 Å². The molecule has 3 heterocycles. The van der Waals surface area contributed by atoms with E-state index in [1.807, 2.05) is 37.3 Å². The fourth-order valence-electron chi connectivity index (χ4n) is 3.77. The summed E-state index contributed by atoms with van der Waals surface area (Å²) in [5.41, 5.74) is 3.44. The van der Waals surface area contributed by atoms with E-state index in [2.05, 4.69) is 4.98 Å². The maximum absolute atomic E-state index is 12.0. The summed E-state index contributed by atoms with van der Waals surface area (Å²) in [5.74, 6) is 0.691. The molecule has 6 nitrogen and oxygen atoms in total. The van der Waals surface area contributed by atoms with Crippen molar-refractivity contribution < 1.29 is 13.2 Å². The van der Waals surface area contributed by atoms with E-state index in [9.17, 15) is 8.42 Å². The number of sulfonamides is 1. The number of hydrogen-bond donors (Lipinski definition) is 0. The van der Waals surface area contributed by atoms with Crippen LogP contribution in [0.15, 0.2) is 30.3 Å². The van der Waals surface area contributed by atoms with E-state index in [1.54, 1.807) is 0 Å². The average molecular weight is 359 g/mol. The number of fused-ring (bicyclic) bond motifs is 2. The highest BCUT2D eigenvalue weighted by Gasteiger charge is 2.47. The molecule has 2 aromatic rings. The van der Waals surface area contributed by atoms with Crippen molar-refractivity contribution in [3.63, 3.8) is 0 Å². The predicted octanol–water partition coefficient (Wildman–Crippen LogP) is 1.89. The second-order valence-corrected chi connectivity index (χ2v) is 8.93. The predicted molar refractivity (Wildman–Crippen MR) is 94.6 cm³/mol. The number of rotatable bonds is 2. The minimum atomic E-state index is -3.22. The largest absolute Gasteiger partial charge is 0.376 e. The number of aryl methyl sites for hydroxylation is 1. The van der Waals surface area contributed by atoms with Gasteiger partial charge in [-0.25, -0.2) is 22.7 Å². The Morgan fingerprint density at radius 3 is 2.64 bits per heavy atom. The van der Waals surface area contributed by atoms with Crippen LogP contribution in [0.3, 0.4) is 0 Å². The smallest absolute Gasteiger partial charge is 0.211 e. The van der Waals surface area contributed by atoms with E-state index in [-0.39, 0.29) is 5.41 Å². The van der Waals surface area contributed by atoms with Gasteiger partial charge in [0.2, 0.25) is 10.0 Å². The summed E-state index contributed by atoms with van der Waals surface area (Å²) in [6.07, 6.45) is 1.98. The van der Waals surface area contributed by atoms with Crippen LogP contribution in [0.2, 0.25) is 0 Å². The second kappa shape index (κ2) is 5.86. The normalized spacial score (nSPS) is 23.8. The van der Waals surface area contributed by atoms with Crippen LogP contribution in [0.5, 0.6) is 0 Å². The van der Waals surface area contributed by atoms with Crippen molar-refractivity contribution in [2.24, 2.45) is 0 Å². The van der Waals surface area contributed by atoms with Crippen molar-refractivity contribution in [2.45, 2.75) is 25.4 Å². The number of nitrogens with zero attached hydrogens (tertiary/aromatic N) is 3. The standard InChI is InChI=1S/C18H21N3O3S/c1-13-15-10-24-12-18(8-9-21(11-18)25(2,22)23)16(15)20-17(19-13)14-6-4-3-5-7-14/h3-7H,8-12H2,1-2H3. The first-order chi connectivity index (χ1) is 11.9. The lowest BCUT2D eigenvalue weighted by Crippen LogP contribution is -2.42. The Kier molecular flexibility index (Phi) is 3.90. The van der Waals surface area contributed by atoms with Crippen molar-refractivity contribution in [3.8, 4) is 11.4 Å². The van der Waals surface area contributed by atoms with Crippen LogP contribution in [0.4, 0.5) is 0 Å². The Bertz CT molecular complexity index is 915. The maximum atomic E-state index is 12.0. The molecule has 0 bridgehead atoms. The Morgan fingerprint density at radius 1 is 1.20 bits per heavy atom. The molecule has 0 amide bonds. The molecule has 0 N–H and O–H groups in total. The third-order valence-electron chi connectivity index (χ3n) is 5.16. The first kappa shape index (κ1) is 16.6. The molecule has 1 unspecified atom stereocenters. The van der Waals surface area contributed by atoms with E-state index >= 15 is 0 Å². The lowest BCUT2D eigenvalue weighted by Gasteiger charge is -2.35. The zero-order valence-corrected chi connectivity index (χ0v) is 15.2. The van der Waals surface area contributed by atoms with Crippen molar-refractivity contribution in [1.82, 2.24) is 14.3 Å². The van der Waals surface area contributed by atoms with Crippen molar-refractivity contribution in [2.75, 3.05) is 26.0 Å². The molecular weight excluding hydrogens is 338 g/mol. The van der Waals surface area contributed by atoms with Crippen molar-refractivity contribution in [3.05, 3.63) is 47.3 Å². The first-order valence-electron chi connectivity index (χ1n) is 8.35. The quantitative estimate of drug-likeness (QED) is 0.819. The van der Waals surface area contributed by atoms with E-state index in [0.29, 0.717) is 32.1 Å². The first-order valence-corrected chi connectivity index (χ1v) is 10.2. The Morgan fingerprint density at radius 2 is 1.96 bits per heavy atom. The van der Waals surface area contributed by atoms with Crippen LogP contribution in [0, 0.1) is 6.92 Å². The molecule has 1 aromatic heterocycles. The monoisotopic (exact) mass is 359 g/mol. The highest BCUT2D eigenvalue weighted by molar-refractivity contribution is 7.88. The van der Waals surface area contributed by atoms with Crippen LogP contribution in [-0.4, -0.2) is 48.6 Å². The van der Waals surface area contributed by atoms with Gasteiger partial charge in [0.25, 0.3) is 0 Å². The van der Waals surface area contributed by atoms with Gasteiger partial charge in [0.15, 0.2) is 5.82 Å². The summed E-state index contributed by atoms with van der Waals surface area (Å²) >= 11 is 0. The molecule has 4 rings (SSSR count). The SMILES string of the molecule is Cc1nc(-c2ccccc2)nc2c1COCC21CCN(S(C)(=O)=O)C1. The van der Waals surface area contributed by atoms with Crippen LogP contribution in [-0.2, 0) is 26.8 Å². The van der Waals surface area contributed by atoms with Crippen LogP contribution in [0.25, 0.3) is 11.4 Å². The van der Waals surface area contributed by atoms with Gasteiger partial charge >= 0.3 is 0 Å². The highest BCUT2D eigenvalue weighted by atomic mass is 32.2. The van der Waals surface area contributed by atoms with Gasteiger partial charge in [-0.15, -0.1) is 0 Å². The Hall–Kier alpha value is -1.83. The molecule has 1 spiro atoms. The van der Waals surface area contributed by atoms with Crippen LogP contribution in [0.1, 0.15) is 23.4 Å². The molecular formula is C18H21N3O3S. The zero-order chi connectivity index (χ0) is 17.7. The fourth-order valence-corrected chi connectivity index (χ4v) is 4.67. The second-order valence-electron chi connectivity index (χ2n) is 6.95. The Balaban J connectivity index is 1.83. The van der Waals surface area contributed by atoms with Gasteiger partial charge in [0.05, 0.1) is 30.6 Å². The molecule has 1 atom stereocenters. The van der Waals surface area contributed by atoms with Gasteiger partial charge in [-0.3, -0.25) is 0 Å². The molecule has 0 saturated carbocycles. The van der Waals surface area contributed by atoms with Crippen molar-refractivity contribution in [1.29, 1.82) is 0 Å². The van der Waals surface area contributed by atoms with Gasteiger partial charge in [0, 0.05) is 29.9 Å². The summed E-state index contributed by atoms with van der Waals surface area (Å²) in [6, 6.07) is 9.88. The van der Waals surface area contributed by atoms with Gasteiger partial charge in [-0.05, 0) is 13.3 Å². The number of aromatic nitrogens is 2. The van der Waals surface area contributed by atoms with E-state index in [4.69, 9.17) is 9.72 Å². The fraction of sp³-hybridized carbons (Fsp3) is 0.444. The van der Waals surface area contributed by atoms with Gasteiger partial charge < -0.3 is 4.74 Å². The number of benzene rings is 1. The van der Waals surface area contributed by atoms with Gasteiger partial charge in [-0.2, -0.15) is 0 Å². The topological polar surface area (TPSA) is 72.4 Å². The molecule has 25 heavy (non-hydrogen) atoms. The third kappa shape index (κ3) is 2.86. The molecule has 1 aromatic carbocycles. The Labute approximate surface area is 147 Å². The summed E-state index contributed by atoms with van der Waals surface area (Å²) in [7, 11) is -3.22. The average Bonchev–Trinajstić information content (AvgIpc) is 3.02. The molecule has 0 radical (unpaired) electrons. The lowest BCUT2D eigenvalue weighted by molar-refractivity contribution is 0.0527. The van der Waals surface area contributed by atoms with E-state index < -0.39 is 10.0 Å². The summed E-state index contributed by atoms with van der Waals surface area (Å²) < 4.78 is 31.3. The zero-order valence-electron chi connectivity index (χ0n) is 14.4. The molecule has 7 heteroatoms. The maximum Gasteiger partial charge on any atom is 0.211 e.